The van der Waals surface area contributed by atoms with E-state index in [1.165, 1.54) is 0 Å². The third-order valence-corrected chi connectivity index (χ3v) is 7.80. The van der Waals surface area contributed by atoms with Gasteiger partial charge < -0.3 is 24.2 Å². The quantitative estimate of drug-likeness (QED) is 0.260. The van der Waals surface area contributed by atoms with Crippen molar-refractivity contribution in [1.29, 1.82) is 0 Å². The lowest BCUT2D eigenvalue weighted by molar-refractivity contribution is 0.0495. The fourth-order valence-corrected chi connectivity index (χ4v) is 6.00. The molecule has 1 saturated heterocycles. The van der Waals surface area contributed by atoms with Crippen molar-refractivity contribution in [1.82, 2.24) is 15.1 Å². The second-order valence-electron chi connectivity index (χ2n) is 10.7. The molecule has 8 heteroatoms. The predicted octanol–water partition coefficient (Wildman–Crippen LogP) is 6.10. The van der Waals surface area contributed by atoms with Gasteiger partial charge in [0.15, 0.2) is 11.5 Å². The van der Waals surface area contributed by atoms with Crippen molar-refractivity contribution in [2.24, 2.45) is 0 Å². The number of aromatic nitrogens is 2. The minimum Gasteiger partial charge on any atom is -0.507 e. The monoisotopic (exact) mass is 553 g/mol. The van der Waals surface area contributed by atoms with Crippen molar-refractivity contribution < 1.29 is 24.1 Å². The van der Waals surface area contributed by atoms with Gasteiger partial charge in [0.25, 0.3) is 5.91 Å². The number of benzene rings is 3. The molecule has 6 rings (SSSR count). The zero-order valence-corrected chi connectivity index (χ0v) is 23.6. The molecule has 1 aromatic heterocycles. The first-order valence-electron chi connectivity index (χ1n) is 14.2. The Kier molecular flexibility index (Phi) is 7.41. The summed E-state index contributed by atoms with van der Waals surface area (Å²) in [6, 6.07) is 19.1. The molecule has 212 valence electrons. The Morgan fingerprint density at radius 1 is 1.07 bits per heavy atom. The molecule has 2 aliphatic heterocycles. The minimum atomic E-state index is -0.446. The van der Waals surface area contributed by atoms with Gasteiger partial charge in [0.2, 0.25) is 0 Å². The SMILES string of the molecule is CCOc1cc(C2c3c(-c4c(C)cc(C)cc4O)n[nH]c3C(=O)N2CC2CCCO2)ccc1OCc1ccccc1. The summed E-state index contributed by atoms with van der Waals surface area (Å²) in [5.74, 6) is 1.25. The van der Waals surface area contributed by atoms with Gasteiger partial charge in [-0.3, -0.25) is 9.89 Å². The lowest BCUT2D eigenvalue weighted by Gasteiger charge is -2.29. The van der Waals surface area contributed by atoms with Crippen LogP contribution in [0, 0.1) is 13.8 Å². The van der Waals surface area contributed by atoms with E-state index in [1.807, 2.05) is 80.3 Å². The number of hydrogen-bond donors (Lipinski definition) is 2. The van der Waals surface area contributed by atoms with E-state index in [0.29, 0.717) is 54.8 Å². The third-order valence-electron chi connectivity index (χ3n) is 7.80. The van der Waals surface area contributed by atoms with Gasteiger partial charge in [0.05, 0.1) is 18.8 Å². The highest BCUT2D eigenvalue weighted by Crippen LogP contribution is 2.47. The Bertz CT molecular complexity index is 1540. The molecular formula is C33H35N3O5. The maximum atomic E-state index is 13.9. The number of nitrogens with one attached hydrogen (secondary N) is 1. The summed E-state index contributed by atoms with van der Waals surface area (Å²) in [5.41, 5.74) is 6.15. The number of phenolic OH excluding ortho intramolecular Hbond substituents is 1. The molecule has 0 aliphatic carbocycles. The summed E-state index contributed by atoms with van der Waals surface area (Å²) in [6.45, 7) is 7.87. The number of fused-ring (bicyclic) bond motifs is 1. The van der Waals surface area contributed by atoms with Crippen molar-refractivity contribution in [3.8, 4) is 28.5 Å². The van der Waals surface area contributed by atoms with E-state index >= 15 is 0 Å². The van der Waals surface area contributed by atoms with Gasteiger partial charge in [-0.05, 0) is 74.1 Å². The molecule has 2 N–H and O–H groups in total. The van der Waals surface area contributed by atoms with Gasteiger partial charge in [0, 0.05) is 24.3 Å². The van der Waals surface area contributed by atoms with Crippen molar-refractivity contribution >= 4 is 5.91 Å². The number of amides is 1. The van der Waals surface area contributed by atoms with Gasteiger partial charge in [-0.15, -0.1) is 0 Å². The van der Waals surface area contributed by atoms with E-state index in [0.717, 1.165) is 40.7 Å². The fraction of sp³-hybridized carbons (Fsp3) is 0.333. The number of aromatic hydroxyl groups is 1. The Morgan fingerprint density at radius 2 is 1.90 bits per heavy atom. The molecule has 1 fully saturated rings. The molecule has 3 aromatic carbocycles. The topological polar surface area (TPSA) is 96.9 Å². The van der Waals surface area contributed by atoms with Crippen molar-refractivity contribution in [2.45, 2.75) is 52.4 Å². The molecule has 8 nitrogen and oxygen atoms in total. The average Bonchev–Trinajstić information content (AvgIpc) is 3.68. The Balaban J connectivity index is 1.43. The third kappa shape index (κ3) is 5.15. The summed E-state index contributed by atoms with van der Waals surface area (Å²) >= 11 is 0. The second kappa shape index (κ2) is 11.3. The number of nitrogens with zero attached hydrogens (tertiary/aromatic N) is 2. The van der Waals surface area contributed by atoms with Crippen LogP contribution in [0.3, 0.4) is 0 Å². The largest absolute Gasteiger partial charge is 0.507 e. The fourth-order valence-electron chi connectivity index (χ4n) is 6.00. The number of aromatic amines is 1. The van der Waals surface area contributed by atoms with E-state index in [2.05, 4.69) is 10.2 Å². The summed E-state index contributed by atoms with van der Waals surface area (Å²) in [4.78, 5) is 15.7. The van der Waals surface area contributed by atoms with Gasteiger partial charge in [-0.25, -0.2) is 0 Å². The second-order valence-corrected chi connectivity index (χ2v) is 10.7. The van der Waals surface area contributed by atoms with Crippen LogP contribution in [0.1, 0.15) is 64.1 Å². The van der Waals surface area contributed by atoms with Crippen LogP contribution in [-0.2, 0) is 11.3 Å². The van der Waals surface area contributed by atoms with Crippen molar-refractivity contribution in [3.05, 3.63) is 94.2 Å². The Labute approximate surface area is 239 Å². The van der Waals surface area contributed by atoms with E-state index in [4.69, 9.17) is 14.2 Å². The van der Waals surface area contributed by atoms with Crippen molar-refractivity contribution in [3.63, 3.8) is 0 Å². The maximum absolute atomic E-state index is 13.9. The summed E-state index contributed by atoms with van der Waals surface area (Å²) in [5, 5.41) is 18.6. The van der Waals surface area contributed by atoms with Crippen LogP contribution in [0.15, 0.2) is 60.7 Å². The number of carbonyl (C=O) groups excluding carboxylic acids is 1. The smallest absolute Gasteiger partial charge is 0.273 e. The number of hydrogen-bond acceptors (Lipinski definition) is 6. The molecule has 1 amide bonds. The minimum absolute atomic E-state index is 0.0313. The number of carbonyl (C=O) groups is 1. The molecule has 0 radical (unpaired) electrons. The van der Waals surface area contributed by atoms with Crippen LogP contribution in [-0.4, -0.2) is 52.0 Å². The van der Waals surface area contributed by atoms with Crippen LogP contribution in [0.5, 0.6) is 17.2 Å². The zero-order valence-electron chi connectivity index (χ0n) is 23.6. The first kappa shape index (κ1) is 26.9. The lowest BCUT2D eigenvalue weighted by atomic mass is 9.93. The van der Waals surface area contributed by atoms with E-state index in [9.17, 15) is 9.90 Å². The summed E-state index contributed by atoms with van der Waals surface area (Å²) in [6.07, 6.45) is 1.86. The normalized spacial score (nSPS) is 18.1. The molecule has 2 aliphatic rings. The van der Waals surface area contributed by atoms with Crippen molar-refractivity contribution in [2.75, 3.05) is 19.8 Å². The first-order valence-corrected chi connectivity index (χ1v) is 14.2. The van der Waals surface area contributed by atoms with Gasteiger partial charge in [0.1, 0.15) is 23.7 Å². The molecule has 4 aromatic rings. The number of aryl methyl sites for hydroxylation is 2. The summed E-state index contributed by atoms with van der Waals surface area (Å²) in [7, 11) is 0. The maximum Gasteiger partial charge on any atom is 0.273 e. The van der Waals surface area contributed by atoms with Gasteiger partial charge >= 0.3 is 0 Å². The van der Waals surface area contributed by atoms with E-state index in [-0.39, 0.29) is 17.8 Å². The molecule has 2 atom stereocenters. The zero-order chi connectivity index (χ0) is 28.5. The number of H-pyrrole nitrogens is 1. The van der Waals surface area contributed by atoms with Crippen LogP contribution < -0.4 is 9.47 Å². The first-order chi connectivity index (χ1) is 19.9. The average molecular weight is 554 g/mol. The molecule has 0 saturated carbocycles. The standard InChI is InChI=1S/C33H35N3O5/c1-4-39-27-17-23(12-13-26(27)41-19-22-9-6-5-7-10-22)32-29-30(28-21(3)15-20(2)16-25(28)37)34-35-31(29)33(38)36(32)18-24-11-8-14-40-24/h5-7,9-10,12-13,15-17,24,32,37H,4,8,11,14,18-19H2,1-3H3,(H,34,35). The molecular weight excluding hydrogens is 518 g/mol. The lowest BCUT2D eigenvalue weighted by Crippen LogP contribution is -2.36. The van der Waals surface area contributed by atoms with Crippen LogP contribution >= 0.6 is 0 Å². The highest BCUT2D eigenvalue weighted by molar-refractivity contribution is 6.00. The van der Waals surface area contributed by atoms with Gasteiger partial charge in [-0.2, -0.15) is 5.10 Å². The van der Waals surface area contributed by atoms with Crippen LogP contribution in [0.4, 0.5) is 0 Å². The highest BCUT2D eigenvalue weighted by atomic mass is 16.5. The summed E-state index contributed by atoms with van der Waals surface area (Å²) < 4.78 is 18.1. The Hall–Kier alpha value is -4.30. The number of phenols is 1. The number of rotatable bonds is 9. The molecule has 0 bridgehead atoms. The number of ether oxygens (including phenoxy) is 3. The van der Waals surface area contributed by atoms with E-state index < -0.39 is 6.04 Å². The van der Waals surface area contributed by atoms with Gasteiger partial charge in [-0.1, -0.05) is 42.5 Å². The van der Waals surface area contributed by atoms with Crippen LogP contribution in [0.25, 0.3) is 11.3 Å². The highest BCUT2D eigenvalue weighted by Gasteiger charge is 2.44. The Morgan fingerprint density at radius 3 is 2.63 bits per heavy atom. The van der Waals surface area contributed by atoms with Crippen LogP contribution in [0.2, 0.25) is 0 Å². The molecule has 3 heterocycles. The molecule has 2 unspecified atom stereocenters. The molecule has 0 spiro atoms. The predicted molar refractivity (Wildman–Crippen MR) is 155 cm³/mol. The molecule has 41 heavy (non-hydrogen) atoms. The van der Waals surface area contributed by atoms with E-state index in [1.54, 1.807) is 6.07 Å².